The van der Waals surface area contributed by atoms with Gasteiger partial charge < -0.3 is 15.2 Å². The van der Waals surface area contributed by atoms with Gasteiger partial charge in [0.1, 0.15) is 6.04 Å². The van der Waals surface area contributed by atoms with Crippen LogP contribution >= 0.6 is 0 Å². The van der Waals surface area contributed by atoms with Gasteiger partial charge in [0.05, 0.1) is 6.61 Å². The fourth-order valence-electron chi connectivity index (χ4n) is 0.685. The average Bonchev–Trinajstić information content (AvgIpc) is 2.04. The van der Waals surface area contributed by atoms with Crippen LogP contribution in [0.1, 0.15) is 20.3 Å². The van der Waals surface area contributed by atoms with Crippen molar-refractivity contribution in [1.29, 1.82) is 0 Å². The third-order valence-corrected chi connectivity index (χ3v) is 1.43. The molecular weight excluding hydrogens is 174 g/mol. The normalized spacial score (nSPS) is 12.2. The number of carbonyl (C=O) groups is 2. The van der Waals surface area contributed by atoms with Crippen molar-refractivity contribution in [1.82, 2.24) is 5.32 Å². The largest absolute Gasteiger partial charge is 0.480 e. The van der Waals surface area contributed by atoms with Gasteiger partial charge in [-0.1, -0.05) is 0 Å². The molecule has 5 heteroatoms. The maximum atomic E-state index is 11.0. The molecule has 76 valence electrons. The number of carboxylic acids is 1. The van der Waals surface area contributed by atoms with Crippen molar-refractivity contribution in [2.75, 3.05) is 13.2 Å². The zero-order chi connectivity index (χ0) is 10.3. The van der Waals surface area contributed by atoms with Crippen LogP contribution in [0.4, 0.5) is 0 Å². The molecule has 0 unspecified atom stereocenters. The second-order valence-corrected chi connectivity index (χ2v) is 2.57. The first-order valence-corrected chi connectivity index (χ1v) is 4.17. The second kappa shape index (κ2) is 6.42. The Balaban J connectivity index is 3.56. The summed E-state index contributed by atoms with van der Waals surface area (Å²) >= 11 is 0. The lowest BCUT2D eigenvalue weighted by atomic mass is 10.3. The number of aliphatic carboxylic acids is 1. The number of amides is 1. The summed E-state index contributed by atoms with van der Waals surface area (Å²) in [5.41, 5.74) is 0. The van der Waals surface area contributed by atoms with E-state index in [4.69, 9.17) is 9.84 Å². The molecule has 13 heavy (non-hydrogen) atoms. The molecule has 1 amide bonds. The van der Waals surface area contributed by atoms with Crippen LogP contribution in [0, 0.1) is 0 Å². The molecular formula is C8H15NO4. The smallest absolute Gasteiger partial charge is 0.325 e. The average molecular weight is 189 g/mol. The fourth-order valence-corrected chi connectivity index (χ4v) is 0.685. The molecule has 0 fully saturated rings. The highest BCUT2D eigenvalue weighted by Crippen LogP contribution is 1.86. The van der Waals surface area contributed by atoms with Crippen molar-refractivity contribution < 1.29 is 19.4 Å². The molecule has 0 aromatic carbocycles. The number of carboxylic acid groups (broad SMARTS) is 1. The highest BCUT2D eigenvalue weighted by Gasteiger charge is 2.12. The lowest BCUT2D eigenvalue weighted by molar-refractivity contribution is -0.141. The molecule has 0 rings (SSSR count). The number of rotatable bonds is 6. The number of nitrogens with one attached hydrogen (secondary N) is 1. The fraction of sp³-hybridized carbons (Fsp3) is 0.750. The molecule has 5 nitrogen and oxygen atoms in total. The summed E-state index contributed by atoms with van der Waals surface area (Å²) in [5.74, 6) is -1.34. The molecule has 0 aliphatic rings. The van der Waals surface area contributed by atoms with E-state index in [1.165, 1.54) is 6.92 Å². The lowest BCUT2D eigenvalue weighted by Gasteiger charge is -2.08. The van der Waals surface area contributed by atoms with E-state index < -0.39 is 12.0 Å². The van der Waals surface area contributed by atoms with Gasteiger partial charge in [-0.25, -0.2) is 0 Å². The molecule has 0 aromatic heterocycles. The van der Waals surface area contributed by atoms with Crippen LogP contribution in [0.2, 0.25) is 0 Å². The maximum absolute atomic E-state index is 11.0. The predicted molar refractivity (Wildman–Crippen MR) is 46.4 cm³/mol. The Bertz CT molecular complexity index is 181. The van der Waals surface area contributed by atoms with Crippen LogP contribution < -0.4 is 5.32 Å². The van der Waals surface area contributed by atoms with Crippen molar-refractivity contribution in [2.45, 2.75) is 26.3 Å². The van der Waals surface area contributed by atoms with Gasteiger partial charge >= 0.3 is 5.97 Å². The molecule has 2 N–H and O–H groups in total. The molecule has 0 aliphatic carbocycles. The van der Waals surface area contributed by atoms with Crippen LogP contribution in [0.15, 0.2) is 0 Å². The Hall–Kier alpha value is -1.10. The van der Waals surface area contributed by atoms with Crippen molar-refractivity contribution in [3.05, 3.63) is 0 Å². The molecule has 1 atom stereocenters. The molecule has 0 radical (unpaired) electrons. The SMILES string of the molecule is CCOCCC(=O)N[C@H](C)C(=O)O. The monoisotopic (exact) mass is 189 g/mol. The zero-order valence-corrected chi connectivity index (χ0v) is 7.87. The standard InChI is InChI=1S/C8H15NO4/c1-3-13-5-4-7(10)9-6(2)8(11)12/h6H,3-5H2,1-2H3,(H,9,10)(H,11,12)/t6-/m1/s1. The zero-order valence-electron chi connectivity index (χ0n) is 7.87. The van der Waals surface area contributed by atoms with E-state index in [1.54, 1.807) is 0 Å². The van der Waals surface area contributed by atoms with Gasteiger partial charge in [-0.15, -0.1) is 0 Å². The molecule has 0 aliphatic heterocycles. The molecule has 0 spiro atoms. The maximum Gasteiger partial charge on any atom is 0.325 e. The first kappa shape index (κ1) is 11.9. The highest BCUT2D eigenvalue weighted by molar-refractivity contribution is 5.83. The van der Waals surface area contributed by atoms with E-state index in [9.17, 15) is 9.59 Å². The van der Waals surface area contributed by atoms with Gasteiger partial charge in [0, 0.05) is 13.0 Å². The lowest BCUT2D eigenvalue weighted by Crippen LogP contribution is -2.38. The topological polar surface area (TPSA) is 75.6 Å². The van der Waals surface area contributed by atoms with Crippen LogP contribution in [0.25, 0.3) is 0 Å². The summed E-state index contributed by atoms with van der Waals surface area (Å²) in [5, 5.41) is 10.8. The minimum absolute atomic E-state index is 0.200. The number of carbonyl (C=O) groups excluding carboxylic acids is 1. The third-order valence-electron chi connectivity index (χ3n) is 1.43. The van der Waals surface area contributed by atoms with E-state index in [-0.39, 0.29) is 12.3 Å². The number of ether oxygens (including phenoxy) is 1. The predicted octanol–water partition coefficient (Wildman–Crippen LogP) is 0.00230. The quantitative estimate of drug-likeness (QED) is 0.577. The van der Waals surface area contributed by atoms with E-state index in [2.05, 4.69) is 5.32 Å². The summed E-state index contributed by atoms with van der Waals surface area (Å²) in [6.45, 7) is 4.13. The Labute approximate surface area is 77.1 Å². The Morgan fingerprint density at radius 1 is 1.54 bits per heavy atom. The summed E-state index contributed by atoms with van der Waals surface area (Å²) in [7, 11) is 0. The summed E-state index contributed by atoms with van der Waals surface area (Å²) in [6, 6.07) is -0.839. The highest BCUT2D eigenvalue weighted by atomic mass is 16.5. The van der Waals surface area contributed by atoms with Gasteiger partial charge in [0.25, 0.3) is 0 Å². The molecule has 0 saturated heterocycles. The van der Waals surface area contributed by atoms with Crippen LogP contribution in [-0.2, 0) is 14.3 Å². The van der Waals surface area contributed by atoms with E-state index in [0.717, 1.165) is 0 Å². The second-order valence-electron chi connectivity index (χ2n) is 2.57. The number of hydrogen-bond acceptors (Lipinski definition) is 3. The van der Waals surface area contributed by atoms with Crippen LogP contribution in [-0.4, -0.2) is 36.2 Å². The first-order chi connectivity index (χ1) is 6.07. The molecule has 0 aromatic rings. The van der Waals surface area contributed by atoms with Crippen molar-refractivity contribution >= 4 is 11.9 Å². The minimum atomic E-state index is -1.04. The summed E-state index contributed by atoms with van der Waals surface area (Å²) in [4.78, 5) is 21.3. The number of hydrogen-bond donors (Lipinski definition) is 2. The Morgan fingerprint density at radius 2 is 2.15 bits per heavy atom. The van der Waals surface area contributed by atoms with Crippen LogP contribution in [0.5, 0.6) is 0 Å². The first-order valence-electron chi connectivity index (χ1n) is 4.17. The van der Waals surface area contributed by atoms with E-state index in [1.807, 2.05) is 6.92 Å². The van der Waals surface area contributed by atoms with Crippen molar-refractivity contribution in [2.24, 2.45) is 0 Å². The Kier molecular flexibility index (Phi) is 5.88. The summed E-state index contributed by atoms with van der Waals surface area (Å²) in [6.07, 6.45) is 0.200. The summed E-state index contributed by atoms with van der Waals surface area (Å²) < 4.78 is 4.94. The molecule has 0 saturated carbocycles. The van der Waals surface area contributed by atoms with Crippen molar-refractivity contribution in [3.63, 3.8) is 0 Å². The van der Waals surface area contributed by atoms with E-state index in [0.29, 0.717) is 13.2 Å². The van der Waals surface area contributed by atoms with Gasteiger partial charge in [-0.3, -0.25) is 9.59 Å². The van der Waals surface area contributed by atoms with E-state index >= 15 is 0 Å². The third kappa shape index (κ3) is 6.10. The van der Waals surface area contributed by atoms with Crippen LogP contribution in [0.3, 0.4) is 0 Å². The molecule has 0 bridgehead atoms. The van der Waals surface area contributed by atoms with Gasteiger partial charge in [-0.05, 0) is 13.8 Å². The van der Waals surface area contributed by atoms with Crippen molar-refractivity contribution in [3.8, 4) is 0 Å². The van der Waals surface area contributed by atoms with Gasteiger partial charge in [0.15, 0.2) is 0 Å². The molecule has 0 heterocycles. The Morgan fingerprint density at radius 3 is 2.62 bits per heavy atom. The van der Waals surface area contributed by atoms with Gasteiger partial charge in [-0.2, -0.15) is 0 Å². The minimum Gasteiger partial charge on any atom is -0.480 e. The van der Waals surface area contributed by atoms with Gasteiger partial charge in [0.2, 0.25) is 5.91 Å².